The van der Waals surface area contributed by atoms with Gasteiger partial charge in [-0.25, -0.2) is 4.39 Å². The number of fused-ring (bicyclic) bond motifs is 1. The van der Waals surface area contributed by atoms with Crippen molar-refractivity contribution in [2.24, 2.45) is 0 Å². The molecule has 25 heavy (non-hydrogen) atoms. The molecule has 4 rings (SSSR count). The van der Waals surface area contributed by atoms with E-state index in [0.29, 0.717) is 28.4 Å². The van der Waals surface area contributed by atoms with Gasteiger partial charge in [-0.15, -0.1) is 0 Å². The molecule has 0 atom stereocenters. The lowest BCUT2D eigenvalue weighted by Crippen LogP contribution is -2.01. The van der Waals surface area contributed by atoms with Crippen LogP contribution in [0.25, 0.3) is 17.0 Å². The minimum atomic E-state index is -0.329. The van der Waals surface area contributed by atoms with E-state index in [4.69, 9.17) is 5.26 Å². The summed E-state index contributed by atoms with van der Waals surface area (Å²) in [6.07, 6.45) is 1.40. The predicted molar refractivity (Wildman–Crippen MR) is 90.6 cm³/mol. The van der Waals surface area contributed by atoms with Crippen LogP contribution in [-0.2, 0) is 0 Å². The molecule has 120 valence electrons. The fraction of sp³-hybridized carbons (Fsp3) is 0. The predicted octanol–water partition coefficient (Wildman–Crippen LogP) is 3.55. The van der Waals surface area contributed by atoms with Crippen molar-refractivity contribution in [1.29, 1.82) is 5.26 Å². The third-order valence-corrected chi connectivity index (χ3v) is 3.66. The Hall–Kier alpha value is -3.79. The SMILES string of the molecule is N#Cc1ccc(Nc2cc(-c3cccc(F)c3)n3ncnc3n2)cc1. The van der Waals surface area contributed by atoms with E-state index in [1.807, 2.05) is 0 Å². The molecule has 0 saturated heterocycles. The summed E-state index contributed by atoms with van der Waals surface area (Å²) in [5, 5.41) is 16.2. The summed E-state index contributed by atoms with van der Waals surface area (Å²) in [4.78, 5) is 8.52. The van der Waals surface area contributed by atoms with Crippen LogP contribution in [0.2, 0.25) is 0 Å². The van der Waals surface area contributed by atoms with Crippen LogP contribution >= 0.6 is 0 Å². The maximum atomic E-state index is 13.6. The lowest BCUT2D eigenvalue weighted by Gasteiger charge is -2.09. The van der Waals surface area contributed by atoms with Crippen LogP contribution in [0, 0.1) is 17.1 Å². The zero-order valence-corrected chi connectivity index (χ0v) is 12.9. The molecule has 4 aromatic rings. The molecule has 0 radical (unpaired) electrons. The Bertz CT molecular complexity index is 1090. The first-order valence-electron chi connectivity index (χ1n) is 7.47. The second-order valence-electron chi connectivity index (χ2n) is 5.32. The summed E-state index contributed by atoms with van der Waals surface area (Å²) in [5.74, 6) is 0.617. The van der Waals surface area contributed by atoms with Crippen LogP contribution < -0.4 is 5.32 Å². The van der Waals surface area contributed by atoms with Gasteiger partial charge < -0.3 is 5.32 Å². The monoisotopic (exact) mass is 330 g/mol. The average Bonchev–Trinajstić information content (AvgIpc) is 3.10. The van der Waals surface area contributed by atoms with Gasteiger partial charge in [0.25, 0.3) is 5.78 Å². The van der Waals surface area contributed by atoms with E-state index in [0.717, 1.165) is 5.69 Å². The minimum absolute atomic E-state index is 0.329. The van der Waals surface area contributed by atoms with Crippen molar-refractivity contribution in [3.63, 3.8) is 0 Å². The lowest BCUT2D eigenvalue weighted by molar-refractivity contribution is 0.628. The first-order valence-corrected chi connectivity index (χ1v) is 7.47. The highest BCUT2D eigenvalue weighted by atomic mass is 19.1. The molecule has 0 saturated carbocycles. The first-order chi connectivity index (χ1) is 12.2. The Morgan fingerprint density at radius 1 is 1.08 bits per heavy atom. The van der Waals surface area contributed by atoms with Crippen molar-refractivity contribution in [3.8, 4) is 17.3 Å². The number of hydrogen-bond donors (Lipinski definition) is 1. The van der Waals surface area contributed by atoms with Crippen molar-refractivity contribution in [3.05, 3.63) is 72.3 Å². The largest absolute Gasteiger partial charge is 0.340 e. The number of benzene rings is 2. The molecule has 2 aromatic heterocycles. The maximum absolute atomic E-state index is 13.6. The number of rotatable bonds is 3. The van der Waals surface area contributed by atoms with E-state index in [1.54, 1.807) is 47.0 Å². The molecule has 0 fully saturated rings. The standard InChI is InChI=1S/C18H11FN6/c19-14-3-1-2-13(8-14)16-9-17(24-18-21-11-22-25(16)18)23-15-6-4-12(10-20)5-7-15/h1-9,11H,(H,21,22,23,24). The highest BCUT2D eigenvalue weighted by Gasteiger charge is 2.10. The third kappa shape index (κ3) is 2.88. The number of nitriles is 1. The van der Waals surface area contributed by atoms with Gasteiger partial charge in [-0.2, -0.15) is 24.8 Å². The van der Waals surface area contributed by atoms with Gasteiger partial charge in [-0.05, 0) is 36.4 Å². The summed E-state index contributed by atoms with van der Waals surface area (Å²) in [6.45, 7) is 0. The van der Waals surface area contributed by atoms with Crippen molar-refractivity contribution in [2.45, 2.75) is 0 Å². The molecule has 6 nitrogen and oxygen atoms in total. The number of halogens is 1. The fourth-order valence-corrected chi connectivity index (χ4v) is 2.51. The molecule has 0 aliphatic heterocycles. The lowest BCUT2D eigenvalue weighted by atomic mass is 10.1. The second-order valence-corrected chi connectivity index (χ2v) is 5.32. The number of hydrogen-bond acceptors (Lipinski definition) is 5. The van der Waals surface area contributed by atoms with Gasteiger partial charge in [0.15, 0.2) is 0 Å². The molecule has 0 bridgehead atoms. The van der Waals surface area contributed by atoms with Gasteiger partial charge in [-0.3, -0.25) is 0 Å². The zero-order chi connectivity index (χ0) is 17.2. The Kier molecular flexibility index (Phi) is 3.56. The molecule has 0 spiro atoms. The maximum Gasteiger partial charge on any atom is 0.254 e. The molecule has 0 aliphatic rings. The molecule has 2 aromatic carbocycles. The van der Waals surface area contributed by atoms with Crippen molar-refractivity contribution in [1.82, 2.24) is 19.6 Å². The molecule has 2 heterocycles. The van der Waals surface area contributed by atoms with Gasteiger partial charge in [0.1, 0.15) is 18.0 Å². The third-order valence-electron chi connectivity index (χ3n) is 3.66. The molecule has 0 unspecified atom stereocenters. The number of nitrogens with zero attached hydrogens (tertiary/aromatic N) is 5. The van der Waals surface area contributed by atoms with Gasteiger partial charge >= 0.3 is 0 Å². The second kappa shape index (κ2) is 6.02. The Labute approximate surface area is 142 Å². The molecule has 0 aliphatic carbocycles. The van der Waals surface area contributed by atoms with Crippen LogP contribution in [0.3, 0.4) is 0 Å². The summed E-state index contributed by atoms with van der Waals surface area (Å²) in [6, 6.07) is 17.1. The van der Waals surface area contributed by atoms with Crippen molar-refractivity contribution in [2.75, 3.05) is 5.32 Å². The normalized spacial score (nSPS) is 10.6. The minimum Gasteiger partial charge on any atom is -0.340 e. The number of aromatic nitrogens is 4. The van der Waals surface area contributed by atoms with E-state index in [1.165, 1.54) is 18.5 Å². The summed E-state index contributed by atoms with van der Waals surface area (Å²) < 4.78 is 15.1. The van der Waals surface area contributed by atoms with Crippen molar-refractivity contribution >= 4 is 17.3 Å². The van der Waals surface area contributed by atoms with Crippen LogP contribution in [-0.4, -0.2) is 19.6 Å². The van der Waals surface area contributed by atoms with Gasteiger partial charge in [0, 0.05) is 17.3 Å². The summed E-state index contributed by atoms with van der Waals surface area (Å²) >= 11 is 0. The van der Waals surface area contributed by atoms with Gasteiger partial charge in [0.2, 0.25) is 0 Å². The van der Waals surface area contributed by atoms with Crippen LogP contribution in [0.1, 0.15) is 5.56 Å². The topological polar surface area (TPSA) is 78.9 Å². The van der Waals surface area contributed by atoms with Crippen molar-refractivity contribution < 1.29 is 4.39 Å². The van der Waals surface area contributed by atoms with Crippen LogP contribution in [0.5, 0.6) is 0 Å². The van der Waals surface area contributed by atoms with E-state index < -0.39 is 0 Å². The summed E-state index contributed by atoms with van der Waals surface area (Å²) in [7, 11) is 0. The quantitative estimate of drug-likeness (QED) is 0.621. The fourth-order valence-electron chi connectivity index (χ4n) is 2.51. The highest BCUT2D eigenvalue weighted by molar-refractivity contribution is 5.68. The van der Waals surface area contributed by atoms with E-state index in [2.05, 4.69) is 26.5 Å². The van der Waals surface area contributed by atoms with E-state index in [-0.39, 0.29) is 5.82 Å². The highest BCUT2D eigenvalue weighted by Crippen LogP contribution is 2.24. The first kappa shape index (κ1) is 14.8. The summed E-state index contributed by atoms with van der Waals surface area (Å²) in [5.41, 5.74) is 2.69. The molecular weight excluding hydrogens is 319 g/mol. The van der Waals surface area contributed by atoms with Gasteiger partial charge in [0.05, 0.1) is 17.3 Å². The molecule has 1 N–H and O–H groups in total. The average molecular weight is 330 g/mol. The van der Waals surface area contributed by atoms with Crippen LogP contribution in [0.4, 0.5) is 15.9 Å². The Balaban J connectivity index is 1.78. The molecule has 0 amide bonds. The number of nitrogens with one attached hydrogen (secondary N) is 1. The molecular formula is C18H11FN6. The Morgan fingerprint density at radius 2 is 1.92 bits per heavy atom. The van der Waals surface area contributed by atoms with E-state index in [9.17, 15) is 4.39 Å². The molecule has 7 heteroatoms. The van der Waals surface area contributed by atoms with Crippen LogP contribution in [0.15, 0.2) is 60.9 Å². The van der Waals surface area contributed by atoms with Gasteiger partial charge in [-0.1, -0.05) is 12.1 Å². The zero-order valence-electron chi connectivity index (χ0n) is 12.9. The number of anilines is 2. The van der Waals surface area contributed by atoms with E-state index >= 15 is 0 Å². The Morgan fingerprint density at radius 3 is 2.68 bits per heavy atom. The smallest absolute Gasteiger partial charge is 0.254 e.